The first-order valence-corrected chi connectivity index (χ1v) is 7.02. The highest BCUT2D eigenvalue weighted by molar-refractivity contribution is 5.79. The zero-order chi connectivity index (χ0) is 15.6. The van der Waals surface area contributed by atoms with Crippen molar-refractivity contribution in [2.24, 2.45) is 5.92 Å². The maximum Gasteiger partial charge on any atom is 0.224 e. The molecular weight excluding hydrogens is 283 g/mol. The number of carbonyl (C=O) groups is 1. The molecule has 0 spiro atoms. The van der Waals surface area contributed by atoms with Gasteiger partial charge in [0.2, 0.25) is 5.91 Å². The first kappa shape index (κ1) is 15.8. The van der Waals surface area contributed by atoms with E-state index >= 15 is 0 Å². The molecule has 3 nitrogen and oxygen atoms in total. The topological polar surface area (TPSA) is 49.3 Å². The number of hydrogen-bond donors (Lipinski definition) is 2. The summed E-state index contributed by atoms with van der Waals surface area (Å²) in [6, 6.07) is 1.79. The van der Waals surface area contributed by atoms with Crippen molar-refractivity contribution in [3.8, 4) is 0 Å². The molecule has 2 rings (SSSR count). The summed E-state index contributed by atoms with van der Waals surface area (Å²) in [7, 11) is 0. The number of aliphatic hydroxyl groups is 1. The summed E-state index contributed by atoms with van der Waals surface area (Å²) < 4.78 is 39.4. The zero-order valence-corrected chi connectivity index (χ0v) is 11.7. The van der Waals surface area contributed by atoms with Crippen LogP contribution in [0, 0.1) is 23.4 Å². The van der Waals surface area contributed by atoms with Gasteiger partial charge < -0.3 is 10.4 Å². The van der Waals surface area contributed by atoms with E-state index in [1.54, 1.807) is 0 Å². The number of nitrogens with one attached hydrogen (secondary N) is 1. The fourth-order valence-corrected chi connectivity index (χ4v) is 2.64. The molecule has 0 aliphatic heterocycles. The predicted molar refractivity (Wildman–Crippen MR) is 71.0 cm³/mol. The Balaban J connectivity index is 1.96. The Labute approximate surface area is 121 Å². The largest absolute Gasteiger partial charge is 0.393 e. The van der Waals surface area contributed by atoms with Crippen molar-refractivity contribution in [1.82, 2.24) is 5.32 Å². The van der Waals surface area contributed by atoms with Crippen LogP contribution in [0.1, 0.15) is 31.7 Å². The normalized spacial score (nSPS) is 22.5. The van der Waals surface area contributed by atoms with Gasteiger partial charge in [0, 0.05) is 11.6 Å². The van der Waals surface area contributed by atoms with Gasteiger partial charge in [0.15, 0.2) is 17.5 Å². The van der Waals surface area contributed by atoms with Crippen molar-refractivity contribution >= 4 is 5.91 Å². The zero-order valence-electron chi connectivity index (χ0n) is 11.7. The van der Waals surface area contributed by atoms with Crippen molar-refractivity contribution in [2.75, 3.05) is 0 Å². The number of halogens is 3. The summed E-state index contributed by atoms with van der Waals surface area (Å²) >= 11 is 0. The third-order valence-electron chi connectivity index (χ3n) is 3.97. The number of benzene rings is 1. The van der Waals surface area contributed by atoms with Crippen LogP contribution in [0.5, 0.6) is 0 Å². The van der Waals surface area contributed by atoms with Crippen molar-refractivity contribution < 1.29 is 23.1 Å². The summed E-state index contributed by atoms with van der Waals surface area (Å²) in [5.41, 5.74) is -0.171. The van der Waals surface area contributed by atoms with Crippen molar-refractivity contribution in [2.45, 2.75) is 44.8 Å². The van der Waals surface area contributed by atoms with Gasteiger partial charge in [-0.3, -0.25) is 4.79 Å². The van der Waals surface area contributed by atoms with Gasteiger partial charge in [-0.25, -0.2) is 13.2 Å². The first-order valence-electron chi connectivity index (χ1n) is 7.02. The van der Waals surface area contributed by atoms with E-state index in [4.69, 9.17) is 0 Å². The SMILES string of the molecule is CCC(NC(=O)Cc1ccc(F)c(F)c1F)C1CC(O)C1. The van der Waals surface area contributed by atoms with Crippen molar-refractivity contribution in [1.29, 1.82) is 0 Å². The predicted octanol–water partition coefficient (Wildman–Crippen LogP) is 2.31. The van der Waals surface area contributed by atoms with Crippen LogP contribution in [0.3, 0.4) is 0 Å². The smallest absolute Gasteiger partial charge is 0.224 e. The van der Waals surface area contributed by atoms with Crippen LogP contribution >= 0.6 is 0 Å². The van der Waals surface area contributed by atoms with Gasteiger partial charge in [-0.1, -0.05) is 13.0 Å². The molecule has 1 saturated carbocycles. The van der Waals surface area contributed by atoms with Crippen LogP contribution in [0.25, 0.3) is 0 Å². The van der Waals surface area contributed by atoms with Gasteiger partial charge in [0.1, 0.15) is 0 Å². The Morgan fingerprint density at radius 3 is 2.57 bits per heavy atom. The monoisotopic (exact) mass is 301 g/mol. The number of aliphatic hydroxyl groups excluding tert-OH is 1. The second-order valence-electron chi connectivity index (χ2n) is 5.48. The van der Waals surface area contributed by atoms with E-state index in [2.05, 4.69) is 5.32 Å². The average molecular weight is 301 g/mol. The molecule has 1 atom stereocenters. The number of amides is 1. The van der Waals surface area contributed by atoms with Crippen LogP contribution in [-0.4, -0.2) is 23.2 Å². The molecule has 116 valence electrons. The molecular formula is C15H18F3NO2. The number of carbonyl (C=O) groups excluding carboxylic acids is 1. The molecule has 0 radical (unpaired) electrons. The van der Waals surface area contributed by atoms with E-state index in [0.717, 1.165) is 12.1 Å². The molecule has 1 aliphatic rings. The second-order valence-corrected chi connectivity index (χ2v) is 5.48. The standard InChI is InChI=1S/C15H18F3NO2/c1-2-12(9-5-10(20)6-9)19-13(21)7-8-3-4-11(16)15(18)14(8)17/h3-4,9-10,12,20H,2,5-7H2,1H3,(H,19,21). The van der Waals surface area contributed by atoms with E-state index in [0.29, 0.717) is 19.3 Å². The summed E-state index contributed by atoms with van der Waals surface area (Å²) in [4.78, 5) is 11.9. The van der Waals surface area contributed by atoms with Gasteiger partial charge in [0.25, 0.3) is 0 Å². The summed E-state index contributed by atoms with van der Waals surface area (Å²) in [6.07, 6.45) is 1.32. The summed E-state index contributed by atoms with van der Waals surface area (Å²) in [6.45, 7) is 1.91. The van der Waals surface area contributed by atoms with E-state index in [1.807, 2.05) is 6.92 Å². The quantitative estimate of drug-likeness (QED) is 0.820. The Morgan fingerprint density at radius 1 is 1.33 bits per heavy atom. The van der Waals surface area contributed by atoms with Crippen molar-refractivity contribution in [3.05, 3.63) is 35.1 Å². The Bertz CT molecular complexity index is 530. The molecule has 2 N–H and O–H groups in total. The van der Waals surface area contributed by atoms with E-state index < -0.39 is 23.4 Å². The van der Waals surface area contributed by atoms with Crippen molar-refractivity contribution in [3.63, 3.8) is 0 Å². The Kier molecular flexibility index (Phi) is 4.88. The Hall–Kier alpha value is -1.56. The minimum atomic E-state index is -1.56. The minimum absolute atomic E-state index is 0.0887. The Morgan fingerprint density at radius 2 is 2.00 bits per heavy atom. The molecule has 1 aromatic rings. The molecule has 1 unspecified atom stereocenters. The second kappa shape index (κ2) is 6.47. The third kappa shape index (κ3) is 3.56. The maximum atomic E-state index is 13.5. The van der Waals surface area contributed by atoms with E-state index in [-0.39, 0.29) is 30.0 Å². The van der Waals surface area contributed by atoms with Crippen LogP contribution in [-0.2, 0) is 11.2 Å². The van der Waals surface area contributed by atoms with Gasteiger partial charge in [-0.05, 0) is 31.2 Å². The van der Waals surface area contributed by atoms with E-state index in [1.165, 1.54) is 0 Å². The van der Waals surface area contributed by atoms with E-state index in [9.17, 15) is 23.1 Å². The van der Waals surface area contributed by atoms with Crippen LogP contribution < -0.4 is 5.32 Å². The van der Waals surface area contributed by atoms with Gasteiger partial charge >= 0.3 is 0 Å². The lowest BCUT2D eigenvalue weighted by molar-refractivity contribution is -0.122. The molecule has 0 bridgehead atoms. The van der Waals surface area contributed by atoms with Gasteiger partial charge in [0.05, 0.1) is 12.5 Å². The molecule has 0 saturated heterocycles. The first-order chi connectivity index (χ1) is 9.92. The fourth-order valence-electron chi connectivity index (χ4n) is 2.64. The lowest BCUT2D eigenvalue weighted by atomic mass is 9.76. The number of rotatable bonds is 5. The number of hydrogen-bond acceptors (Lipinski definition) is 2. The van der Waals surface area contributed by atoms with Gasteiger partial charge in [-0.2, -0.15) is 0 Å². The fraction of sp³-hybridized carbons (Fsp3) is 0.533. The summed E-state index contributed by atoms with van der Waals surface area (Å²) in [5, 5.41) is 12.1. The molecule has 1 aliphatic carbocycles. The highest BCUT2D eigenvalue weighted by Crippen LogP contribution is 2.31. The average Bonchev–Trinajstić information content (AvgIpc) is 2.42. The molecule has 1 amide bonds. The third-order valence-corrected chi connectivity index (χ3v) is 3.97. The van der Waals surface area contributed by atoms with Crippen LogP contribution in [0.4, 0.5) is 13.2 Å². The van der Waals surface area contributed by atoms with Crippen LogP contribution in [0.2, 0.25) is 0 Å². The lowest BCUT2D eigenvalue weighted by Crippen LogP contribution is -2.47. The molecule has 6 heteroatoms. The highest BCUT2D eigenvalue weighted by atomic mass is 19.2. The molecule has 0 aromatic heterocycles. The maximum absolute atomic E-state index is 13.5. The summed E-state index contributed by atoms with van der Waals surface area (Å²) in [5.74, 6) is -4.38. The van der Waals surface area contributed by atoms with Gasteiger partial charge in [-0.15, -0.1) is 0 Å². The van der Waals surface area contributed by atoms with Crippen LogP contribution in [0.15, 0.2) is 12.1 Å². The molecule has 21 heavy (non-hydrogen) atoms. The molecule has 1 aromatic carbocycles. The highest BCUT2D eigenvalue weighted by Gasteiger charge is 2.33. The minimum Gasteiger partial charge on any atom is -0.393 e. The lowest BCUT2D eigenvalue weighted by Gasteiger charge is -2.37. The molecule has 1 fully saturated rings. The molecule has 0 heterocycles.